The molecular weight excluding hydrogens is 729 g/mol. The fourth-order valence-electron chi connectivity index (χ4n) is 11.2. The van der Waals surface area contributed by atoms with Crippen LogP contribution in [0.15, 0.2) is 182 Å². The summed E-state index contributed by atoms with van der Waals surface area (Å²) in [4.78, 5) is 0. The van der Waals surface area contributed by atoms with Crippen LogP contribution in [0.1, 0.15) is 65.8 Å². The lowest BCUT2D eigenvalue weighted by Gasteiger charge is -2.25. The van der Waals surface area contributed by atoms with Gasteiger partial charge in [0.15, 0.2) is 0 Å². The van der Waals surface area contributed by atoms with E-state index in [1.165, 1.54) is 93.6 Å². The Balaban J connectivity index is 0.931. The van der Waals surface area contributed by atoms with Gasteiger partial charge in [0.25, 0.3) is 0 Å². The van der Waals surface area contributed by atoms with Gasteiger partial charge in [-0.2, -0.15) is 0 Å². The van der Waals surface area contributed by atoms with E-state index in [4.69, 9.17) is 4.74 Å². The minimum atomic E-state index is -0.0683. The van der Waals surface area contributed by atoms with E-state index < -0.39 is 0 Å². The minimum Gasteiger partial charge on any atom is -0.461 e. The van der Waals surface area contributed by atoms with Gasteiger partial charge in [0, 0.05) is 60.9 Å². The van der Waals surface area contributed by atoms with Crippen LogP contribution in [0.2, 0.25) is 0 Å². The van der Waals surface area contributed by atoms with E-state index in [1.54, 1.807) is 0 Å². The molecule has 7 aromatic carbocycles. The van der Waals surface area contributed by atoms with Crippen molar-refractivity contribution in [3.8, 4) is 28.3 Å². The monoisotopic (exact) mass is 770 g/mol. The van der Waals surface area contributed by atoms with Gasteiger partial charge in [0.2, 0.25) is 0 Å². The minimum absolute atomic E-state index is 0.0683. The number of benzene rings is 7. The average molecular weight is 771 g/mol. The molecule has 0 bridgehead atoms. The van der Waals surface area contributed by atoms with Gasteiger partial charge < -0.3 is 13.9 Å². The number of rotatable bonds is 4. The van der Waals surface area contributed by atoms with Crippen molar-refractivity contribution in [2.75, 3.05) is 0 Å². The number of aromatic nitrogens is 2. The van der Waals surface area contributed by atoms with Crippen LogP contribution in [0.4, 0.5) is 0 Å². The summed E-state index contributed by atoms with van der Waals surface area (Å²) in [5, 5.41) is 6.48. The Morgan fingerprint density at radius 3 is 2.17 bits per heavy atom. The molecular formula is C57H42N2O. The Morgan fingerprint density at radius 1 is 0.583 bits per heavy atom. The normalized spacial score (nSPS) is 19.2. The number of ether oxygens (including phenoxy) is 1. The highest BCUT2D eigenvalue weighted by Crippen LogP contribution is 2.53. The molecule has 1 aliphatic heterocycles. The molecule has 0 fully saturated rings. The van der Waals surface area contributed by atoms with Crippen LogP contribution in [-0.4, -0.2) is 9.13 Å². The molecule has 60 heavy (non-hydrogen) atoms. The molecule has 0 amide bonds. The van der Waals surface area contributed by atoms with Crippen LogP contribution in [0.5, 0.6) is 5.75 Å². The summed E-state index contributed by atoms with van der Waals surface area (Å²) in [6, 6.07) is 58.4. The second-order valence-corrected chi connectivity index (χ2v) is 17.6. The van der Waals surface area contributed by atoms with Gasteiger partial charge in [-0.25, -0.2) is 0 Å². The predicted octanol–water partition coefficient (Wildman–Crippen LogP) is 12.5. The van der Waals surface area contributed by atoms with E-state index >= 15 is 0 Å². The maximum atomic E-state index is 6.66. The Hall–Kier alpha value is -7.10. The van der Waals surface area contributed by atoms with Gasteiger partial charge >= 0.3 is 0 Å². The van der Waals surface area contributed by atoms with Crippen LogP contribution in [-0.2, 0) is 5.41 Å². The third kappa shape index (κ3) is 4.72. The summed E-state index contributed by atoms with van der Waals surface area (Å²) in [5.74, 6) is 2.50. The summed E-state index contributed by atoms with van der Waals surface area (Å²) < 4.78 is 11.6. The molecule has 3 heterocycles. The Bertz CT molecular complexity index is 3470. The van der Waals surface area contributed by atoms with Crippen molar-refractivity contribution in [3.63, 3.8) is 0 Å². The molecule has 9 aromatic rings. The zero-order valence-corrected chi connectivity index (χ0v) is 33.6. The van der Waals surface area contributed by atoms with E-state index in [9.17, 15) is 0 Å². The SMILES string of the molecule is CC1(C)c2ccccc2-c2cc3c4c(n(-c5ccccc5)c3cc21)=CCC(c1ccc2c(c1)C1C(=CC=CC1c1ccc3c(c1)c1ccccc1n3-c1ccccc1)O2)C=4. The van der Waals surface area contributed by atoms with Crippen molar-refractivity contribution >= 4 is 44.9 Å². The Morgan fingerprint density at radius 2 is 1.32 bits per heavy atom. The third-order valence-electron chi connectivity index (χ3n) is 14.1. The molecule has 0 saturated carbocycles. The van der Waals surface area contributed by atoms with Gasteiger partial charge in [-0.3, -0.25) is 0 Å². The number of nitrogens with zero attached hydrogens (tertiary/aromatic N) is 2. The first-order valence-electron chi connectivity index (χ1n) is 21.4. The van der Waals surface area contributed by atoms with Crippen molar-refractivity contribution in [3.05, 3.63) is 220 Å². The van der Waals surface area contributed by atoms with Gasteiger partial charge in [0.05, 0.1) is 22.5 Å². The van der Waals surface area contributed by atoms with E-state index in [1.807, 2.05) is 0 Å². The quantitative estimate of drug-likeness (QED) is 0.174. The molecule has 0 saturated heterocycles. The van der Waals surface area contributed by atoms with Crippen molar-refractivity contribution in [1.29, 1.82) is 0 Å². The van der Waals surface area contributed by atoms with E-state index in [0.717, 1.165) is 17.9 Å². The fourth-order valence-corrected chi connectivity index (χ4v) is 11.2. The predicted molar refractivity (Wildman–Crippen MR) is 247 cm³/mol. The van der Waals surface area contributed by atoms with Gasteiger partial charge in [-0.1, -0.05) is 135 Å². The van der Waals surface area contributed by atoms with Crippen LogP contribution in [0.25, 0.3) is 67.4 Å². The highest BCUT2D eigenvalue weighted by atomic mass is 16.5. The molecule has 3 atom stereocenters. The fraction of sp³-hybridized carbons (Fsp3) is 0.123. The molecule has 0 radical (unpaired) electrons. The first-order valence-corrected chi connectivity index (χ1v) is 21.4. The Labute approximate surface area is 349 Å². The summed E-state index contributed by atoms with van der Waals surface area (Å²) in [6.45, 7) is 4.75. The molecule has 3 nitrogen and oxygen atoms in total. The van der Waals surface area contributed by atoms with Crippen molar-refractivity contribution in [2.45, 2.75) is 43.4 Å². The molecule has 3 heteroatoms. The van der Waals surface area contributed by atoms with Crippen LogP contribution in [0, 0.1) is 0 Å². The molecule has 3 aliphatic carbocycles. The van der Waals surface area contributed by atoms with Crippen LogP contribution >= 0.6 is 0 Å². The second kappa shape index (κ2) is 12.5. The number of para-hydroxylation sites is 3. The van der Waals surface area contributed by atoms with E-state index in [0.29, 0.717) is 0 Å². The molecule has 13 rings (SSSR count). The Kier molecular flexibility index (Phi) is 7.02. The van der Waals surface area contributed by atoms with E-state index in [-0.39, 0.29) is 23.2 Å². The molecule has 2 aromatic heterocycles. The summed E-state index contributed by atoms with van der Waals surface area (Å²) >= 11 is 0. The van der Waals surface area contributed by atoms with Gasteiger partial charge in [0.1, 0.15) is 11.5 Å². The zero-order valence-electron chi connectivity index (χ0n) is 33.6. The molecule has 0 N–H and O–H groups in total. The first kappa shape index (κ1) is 33.8. The smallest absolute Gasteiger partial charge is 0.130 e. The largest absolute Gasteiger partial charge is 0.461 e. The number of hydrogen-bond donors (Lipinski definition) is 0. The lowest BCUT2D eigenvalue weighted by atomic mass is 9.77. The summed E-state index contributed by atoms with van der Waals surface area (Å²) in [5.41, 5.74) is 15.5. The molecule has 286 valence electrons. The standard InChI is InChI=1S/C57H42N2O/c1-57(2)48-21-11-9-18-41(48)43-33-46-45-30-35(24-27-52(45)59(53(46)34-49(43)57)39-16-7-4-8-17-39)36-26-29-54-47(31-36)56-40(20-13-23-55(56)60-54)37-25-28-51-44(32-37)42-19-10-12-22-50(42)58(51)38-14-5-3-6-15-38/h3-23,25-35,40,56H,24H2,1-2H3. The van der Waals surface area contributed by atoms with Crippen LogP contribution in [0.3, 0.4) is 0 Å². The molecule has 0 spiro atoms. The van der Waals surface area contributed by atoms with Gasteiger partial charge in [-0.15, -0.1) is 0 Å². The van der Waals surface area contributed by atoms with E-state index in [2.05, 4.69) is 211 Å². The lowest BCUT2D eigenvalue weighted by Crippen LogP contribution is -2.31. The maximum Gasteiger partial charge on any atom is 0.130 e. The first-order chi connectivity index (χ1) is 29.5. The van der Waals surface area contributed by atoms with Crippen molar-refractivity contribution < 1.29 is 4.74 Å². The summed E-state index contributed by atoms with van der Waals surface area (Å²) in [6.07, 6.45) is 12.7. The molecule has 3 unspecified atom stereocenters. The number of fused-ring (bicyclic) bond motifs is 12. The highest BCUT2D eigenvalue weighted by molar-refractivity contribution is 6.09. The zero-order chi connectivity index (χ0) is 39.7. The average Bonchev–Trinajstić information content (AvgIpc) is 4.00. The lowest BCUT2D eigenvalue weighted by molar-refractivity contribution is 0.416. The third-order valence-corrected chi connectivity index (χ3v) is 14.1. The topological polar surface area (TPSA) is 19.1 Å². The van der Waals surface area contributed by atoms with Crippen molar-refractivity contribution in [2.24, 2.45) is 0 Å². The highest BCUT2D eigenvalue weighted by Gasteiger charge is 2.39. The molecule has 4 aliphatic rings. The summed E-state index contributed by atoms with van der Waals surface area (Å²) in [7, 11) is 0. The maximum absolute atomic E-state index is 6.66. The van der Waals surface area contributed by atoms with Gasteiger partial charge in [-0.05, 0) is 107 Å². The number of allylic oxidation sites excluding steroid dienone is 4. The number of hydrogen-bond acceptors (Lipinski definition) is 1. The second-order valence-electron chi connectivity index (χ2n) is 17.6. The van der Waals surface area contributed by atoms with Crippen molar-refractivity contribution in [1.82, 2.24) is 9.13 Å². The van der Waals surface area contributed by atoms with Crippen LogP contribution < -0.4 is 15.3 Å².